The van der Waals surface area contributed by atoms with Gasteiger partial charge in [-0.3, -0.25) is 4.79 Å². The third kappa shape index (κ3) is 5.40. The van der Waals surface area contributed by atoms with Gasteiger partial charge in [-0.25, -0.2) is 17.9 Å². The number of rotatable bonds is 8. The molecule has 0 spiro atoms. The zero-order valence-electron chi connectivity index (χ0n) is 16.5. The second-order valence-electron chi connectivity index (χ2n) is 6.79. The van der Waals surface area contributed by atoms with Crippen LogP contribution in [0.25, 0.3) is 0 Å². The highest BCUT2D eigenvalue weighted by Crippen LogP contribution is 2.38. The summed E-state index contributed by atoms with van der Waals surface area (Å²) in [5.74, 6) is -0.811. The van der Waals surface area contributed by atoms with Gasteiger partial charge in [-0.15, -0.1) is 11.3 Å². The van der Waals surface area contributed by atoms with Crippen LogP contribution in [0.1, 0.15) is 47.0 Å². The molecule has 2 aromatic rings. The molecule has 0 radical (unpaired) electrons. The van der Waals surface area contributed by atoms with E-state index in [1.165, 1.54) is 35.6 Å². The van der Waals surface area contributed by atoms with Crippen molar-refractivity contribution in [2.45, 2.75) is 43.9 Å². The van der Waals surface area contributed by atoms with Crippen LogP contribution in [-0.4, -0.2) is 33.4 Å². The molecule has 0 unspecified atom stereocenters. The highest BCUT2D eigenvalue weighted by Gasteiger charge is 2.27. The molecule has 0 atom stereocenters. The fourth-order valence-electron chi connectivity index (χ4n) is 3.26. The quantitative estimate of drug-likeness (QED) is 0.572. The molecule has 3 rings (SSSR count). The summed E-state index contributed by atoms with van der Waals surface area (Å²) in [6.45, 7) is 1.92. The molecule has 0 saturated carbocycles. The molecule has 2 N–H and O–H groups in total. The number of fused-ring (bicyclic) bond motifs is 1. The monoisotopic (exact) mass is 470 g/mol. The SMILES string of the molecule is CCOC(=O)c1c(NC(=O)CCNS(=O)(=O)c2ccc(Cl)cc2)sc2c1CCCC2. The van der Waals surface area contributed by atoms with Crippen molar-refractivity contribution in [2.24, 2.45) is 0 Å². The van der Waals surface area contributed by atoms with Gasteiger partial charge in [-0.1, -0.05) is 11.6 Å². The summed E-state index contributed by atoms with van der Waals surface area (Å²) in [5, 5.41) is 3.68. The first-order valence-corrected chi connectivity index (χ1v) is 12.4. The summed E-state index contributed by atoms with van der Waals surface area (Å²) in [6.07, 6.45) is 3.64. The number of thiophene rings is 1. The van der Waals surface area contributed by atoms with Gasteiger partial charge in [0.15, 0.2) is 0 Å². The molecule has 0 aliphatic heterocycles. The minimum Gasteiger partial charge on any atom is -0.462 e. The number of carbonyl (C=O) groups excluding carboxylic acids is 2. The Morgan fingerprint density at radius 1 is 1.17 bits per heavy atom. The van der Waals surface area contributed by atoms with E-state index in [2.05, 4.69) is 10.0 Å². The van der Waals surface area contributed by atoms with Crippen molar-refractivity contribution < 1.29 is 22.7 Å². The summed E-state index contributed by atoms with van der Waals surface area (Å²) >= 11 is 7.17. The number of hydrogen-bond acceptors (Lipinski definition) is 6. The van der Waals surface area contributed by atoms with E-state index in [0.717, 1.165) is 36.1 Å². The van der Waals surface area contributed by atoms with Crippen molar-refractivity contribution in [1.82, 2.24) is 4.72 Å². The maximum atomic E-state index is 12.4. The van der Waals surface area contributed by atoms with Gasteiger partial charge in [0.25, 0.3) is 0 Å². The molecule has 0 fully saturated rings. The van der Waals surface area contributed by atoms with Gasteiger partial charge in [0.2, 0.25) is 15.9 Å². The van der Waals surface area contributed by atoms with Crippen LogP contribution in [0.2, 0.25) is 5.02 Å². The summed E-state index contributed by atoms with van der Waals surface area (Å²) in [4.78, 5) is 26.0. The molecule has 1 heterocycles. The van der Waals surface area contributed by atoms with E-state index < -0.39 is 16.0 Å². The molecule has 1 aromatic heterocycles. The average Bonchev–Trinajstić information content (AvgIpc) is 3.06. The number of carbonyl (C=O) groups is 2. The Bertz CT molecular complexity index is 1030. The number of aryl methyl sites for hydroxylation is 1. The number of esters is 1. The minimum atomic E-state index is -3.74. The predicted molar refractivity (Wildman–Crippen MR) is 117 cm³/mol. The lowest BCUT2D eigenvalue weighted by Crippen LogP contribution is -2.28. The van der Waals surface area contributed by atoms with Crippen molar-refractivity contribution in [3.05, 3.63) is 45.3 Å². The van der Waals surface area contributed by atoms with E-state index in [1.54, 1.807) is 6.92 Å². The molecular formula is C20H23ClN2O5S2. The molecule has 1 aliphatic rings. The maximum absolute atomic E-state index is 12.4. The highest BCUT2D eigenvalue weighted by atomic mass is 35.5. The Hall–Kier alpha value is -1.94. The molecule has 7 nitrogen and oxygen atoms in total. The van der Waals surface area contributed by atoms with Crippen LogP contribution < -0.4 is 10.0 Å². The number of hydrogen-bond donors (Lipinski definition) is 2. The molecule has 0 saturated heterocycles. The van der Waals surface area contributed by atoms with E-state index in [1.807, 2.05) is 0 Å². The van der Waals surface area contributed by atoms with Crippen molar-refractivity contribution >= 4 is 49.8 Å². The Morgan fingerprint density at radius 2 is 1.87 bits per heavy atom. The first-order valence-electron chi connectivity index (χ1n) is 9.68. The van der Waals surface area contributed by atoms with Crippen LogP contribution in [0.4, 0.5) is 5.00 Å². The van der Waals surface area contributed by atoms with Crippen LogP contribution in [0.5, 0.6) is 0 Å². The topological polar surface area (TPSA) is 102 Å². The van der Waals surface area contributed by atoms with Crippen molar-refractivity contribution in [1.29, 1.82) is 0 Å². The molecular weight excluding hydrogens is 448 g/mol. The lowest BCUT2D eigenvalue weighted by atomic mass is 9.95. The lowest BCUT2D eigenvalue weighted by Gasteiger charge is -2.12. The van der Waals surface area contributed by atoms with Crippen molar-refractivity contribution in [3.63, 3.8) is 0 Å². The van der Waals surface area contributed by atoms with E-state index in [0.29, 0.717) is 15.6 Å². The van der Waals surface area contributed by atoms with Gasteiger partial charge in [-0.2, -0.15) is 0 Å². The number of halogens is 1. The Morgan fingerprint density at radius 3 is 2.57 bits per heavy atom. The Kier molecular flexibility index (Phi) is 7.51. The van der Waals surface area contributed by atoms with E-state index in [4.69, 9.17) is 16.3 Å². The van der Waals surface area contributed by atoms with Crippen LogP contribution >= 0.6 is 22.9 Å². The predicted octanol–water partition coefficient (Wildman–Crippen LogP) is 3.76. The minimum absolute atomic E-state index is 0.0718. The number of anilines is 1. The molecule has 0 bridgehead atoms. The van der Waals surface area contributed by atoms with Crippen LogP contribution in [-0.2, 0) is 32.4 Å². The first-order chi connectivity index (χ1) is 14.3. The van der Waals surface area contributed by atoms with Gasteiger partial charge in [0.05, 0.1) is 17.1 Å². The third-order valence-corrected chi connectivity index (χ3v) is 7.61. The molecule has 162 valence electrons. The van der Waals surface area contributed by atoms with Crippen LogP contribution in [0, 0.1) is 0 Å². The van der Waals surface area contributed by atoms with Gasteiger partial charge < -0.3 is 10.1 Å². The normalized spacial score (nSPS) is 13.5. The zero-order chi connectivity index (χ0) is 21.7. The highest BCUT2D eigenvalue weighted by molar-refractivity contribution is 7.89. The number of benzene rings is 1. The Balaban J connectivity index is 1.64. The third-order valence-electron chi connectivity index (χ3n) is 4.67. The van der Waals surface area contributed by atoms with E-state index in [-0.39, 0.29) is 30.4 Å². The zero-order valence-corrected chi connectivity index (χ0v) is 18.9. The van der Waals surface area contributed by atoms with E-state index in [9.17, 15) is 18.0 Å². The summed E-state index contributed by atoms with van der Waals surface area (Å²) in [5.41, 5.74) is 1.40. The first kappa shape index (κ1) is 22.7. The maximum Gasteiger partial charge on any atom is 0.341 e. The summed E-state index contributed by atoms with van der Waals surface area (Å²) < 4.78 is 32.1. The Labute approximate surface area is 184 Å². The fraction of sp³-hybridized carbons (Fsp3) is 0.400. The number of ether oxygens (including phenoxy) is 1. The second kappa shape index (κ2) is 9.91. The largest absolute Gasteiger partial charge is 0.462 e. The van der Waals surface area contributed by atoms with Crippen molar-refractivity contribution in [3.8, 4) is 0 Å². The standard InChI is InChI=1S/C20H23ClN2O5S2/c1-2-28-20(25)18-15-5-3-4-6-16(15)29-19(18)23-17(24)11-12-22-30(26,27)14-9-7-13(21)8-10-14/h7-10,22H,2-6,11-12H2,1H3,(H,23,24). The molecule has 1 aromatic carbocycles. The summed E-state index contributed by atoms with van der Waals surface area (Å²) in [7, 11) is -3.74. The van der Waals surface area contributed by atoms with Crippen LogP contribution in [0.15, 0.2) is 29.2 Å². The van der Waals surface area contributed by atoms with Crippen molar-refractivity contribution in [2.75, 3.05) is 18.5 Å². The molecule has 10 heteroatoms. The number of nitrogens with one attached hydrogen (secondary N) is 2. The fourth-order valence-corrected chi connectivity index (χ4v) is 5.71. The average molecular weight is 471 g/mol. The van der Waals surface area contributed by atoms with Gasteiger partial charge in [0, 0.05) is 22.9 Å². The number of amides is 1. The van der Waals surface area contributed by atoms with Gasteiger partial charge in [0.1, 0.15) is 5.00 Å². The molecule has 30 heavy (non-hydrogen) atoms. The number of sulfonamides is 1. The smallest absolute Gasteiger partial charge is 0.341 e. The summed E-state index contributed by atoms with van der Waals surface area (Å²) in [6, 6.07) is 5.76. The molecule has 1 amide bonds. The van der Waals surface area contributed by atoms with E-state index >= 15 is 0 Å². The van der Waals surface area contributed by atoms with Crippen LogP contribution in [0.3, 0.4) is 0 Å². The second-order valence-corrected chi connectivity index (χ2v) is 10.1. The van der Waals surface area contributed by atoms with Gasteiger partial charge >= 0.3 is 5.97 Å². The lowest BCUT2D eigenvalue weighted by molar-refractivity contribution is -0.116. The van der Waals surface area contributed by atoms with Gasteiger partial charge in [-0.05, 0) is 62.4 Å². The molecule has 1 aliphatic carbocycles.